The van der Waals surface area contributed by atoms with E-state index in [0.717, 1.165) is 137 Å². The maximum Gasteiger partial charge on any atom is 0.246 e. The number of hydrogen-bond donors (Lipinski definition) is 0. The Morgan fingerprint density at radius 3 is 0.870 bits per heavy atom. The lowest BCUT2D eigenvalue weighted by atomic mass is 9.97. The van der Waals surface area contributed by atoms with Crippen LogP contribution in [0.5, 0.6) is 0 Å². The lowest BCUT2D eigenvalue weighted by molar-refractivity contribution is 0.617. The van der Waals surface area contributed by atoms with Gasteiger partial charge in [-0.1, -0.05) is 322 Å². The van der Waals surface area contributed by atoms with Gasteiger partial charge in [0.15, 0.2) is 69.2 Å². The van der Waals surface area contributed by atoms with Crippen molar-refractivity contribution in [3.8, 4) is 137 Å². The molecule has 0 atom stereocenters. The molecule has 16 heteroatoms. The monoisotopic (exact) mass is 1580 g/mol. The molecule has 24 aromatic rings. The van der Waals surface area contributed by atoms with E-state index in [9.17, 15) is 0 Å². The van der Waals surface area contributed by atoms with Crippen molar-refractivity contribution < 1.29 is 13.3 Å². The van der Waals surface area contributed by atoms with Gasteiger partial charge in [-0.3, -0.25) is 4.98 Å². The van der Waals surface area contributed by atoms with Crippen LogP contribution in [0.4, 0.5) is 0 Å². The van der Waals surface area contributed by atoms with Crippen LogP contribution in [0.15, 0.2) is 408 Å². The fourth-order valence-corrected chi connectivity index (χ4v) is 15.8. The molecule has 24 rings (SSSR count). The minimum absolute atomic E-state index is 0.492. The van der Waals surface area contributed by atoms with E-state index in [1.165, 1.54) is 16.2 Å². The van der Waals surface area contributed by atoms with Gasteiger partial charge in [0.25, 0.3) is 0 Å². The molecule has 0 aliphatic rings. The first-order valence-electron chi connectivity index (χ1n) is 40.3. The molecular weight excluding hydrogens is 1520 g/mol. The Kier molecular flexibility index (Phi) is 18.5. The zero-order valence-corrected chi connectivity index (χ0v) is 65.6. The molecule has 123 heavy (non-hydrogen) atoms. The summed E-state index contributed by atoms with van der Waals surface area (Å²) in [6, 6.07) is 130. The van der Waals surface area contributed by atoms with Crippen LogP contribution in [-0.4, -0.2) is 64.8 Å². The molecule has 0 fully saturated rings. The summed E-state index contributed by atoms with van der Waals surface area (Å²) in [7, 11) is 0. The summed E-state index contributed by atoms with van der Waals surface area (Å²) in [6.45, 7) is 0. The highest BCUT2D eigenvalue weighted by molar-refractivity contribution is 6.14. The van der Waals surface area contributed by atoms with Gasteiger partial charge in [-0.25, -0.2) is 59.8 Å². The SMILES string of the molecule is c1ccc(-c2nc(-c3ccccc3)nc(-c3ccc4ccc5oc(-c6cc7ccccc7c7ccccc67)nc5c4c3)n2)cc1.c1ccc(-c2nc(-c3ccccc3)nc(-c3ccc4ccc5oc(-c6ccc7ccccc7c6)nc5c4c3)n2)cc1.c1ccc(-c2nc(-c3ccccc3)nc(-c3ccc4ccc5oc(-c6ccccn6)nc5c4c3)n2)cc1. The lowest BCUT2D eigenvalue weighted by Crippen LogP contribution is -2.00. The quantitative estimate of drug-likeness (QED) is 0.104. The Balaban J connectivity index is 0.000000110. The predicted molar refractivity (Wildman–Crippen MR) is 490 cm³/mol. The standard InChI is InChI=1S/C40H24N4O.C36H22N4O.C31H19N5O/c1-3-11-26(12-4-1)37-42-38(27-13-5-2-6-14-27)44-39(43-37)29-20-19-25-21-22-35-36(33(25)24-29)41-40(45-35)34-23-28-15-7-8-16-30(28)31-17-9-10-18-32(31)34;1-3-10-25(11-4-1)33-38-34(26-12-5-2-6-13-26)40-35(39-33)28-17-16-24-19-20-31-32(30(24)22-28)37-36(41-31)29-18-15-23-9-7-8-14-27(23)21-29;1-3-9-21(10-4-1)28-34-29(22-11-5-2-6-12-22)36-30(35-28)23-15-14-20-16-17-26-27(24(20)19-23)33-31(37-26)25-13-7-8-18-32-25/h1-24H;1-22H;1-19H. The summed E-state index contributed by atoms with van der Waals surface area (Å²) >= 11 is 0. The Morgan fingerprint density at radius 2 is 0.463 bits per heavy atom. The predicted octanol–water partition coefficient (Wildman–Crippen LogP) is 26.4. The molecular formula is C107H65N13O3. The first-order chi connectivity index (χ1) is 60.9. The number of hydrogen-bond acceptors (Lipinski definition) is 16. The van der Waals surface area contributed by atoms with E-state index in [-0.39, 0.29) is 0 Å². The molecule has 0 saturated heterocycles. The zero-order chi connectivity index (χ0) is 81.5. The summed E-state index contributed by atoms with van der Waals surface area (Å²) in [5, 5.41) is 13.1. The summed E-state index contributed by atoms with van der Waals surface area (Å²) in [5.74, 6) is 7.27. The van der Waals surface area contributed by atoms with Gasteiger partial charge in [0.05, 0.1) is 0 Å². The average molecular weight is 1580 g/mol. The Hall–Kier alpha value is -17.1. The molecule has 7 aromatic heterocycles. The van der Waals surface area contributed by atoms with Crippen LogP contribution in [0.1, 0.15) is 0 Å². The van der Waals surface area contributed by atoms with Crippen LogP contribution in [-0.2, 0) is 0 Å². The van der Waals surface area contributed by atoms with Gasteiger partial charge >= 0.3 is 0 Å². The fraction of sp³-hybridized carbons (Fsp3) is 0. The van der Waals surface area contributed by atoms with E-state index >= 15 is 0 Å². The molecule has 0 saturated carbocycles. The first kappa shape index (κ1) is 72.4. The summed E-state index contributed by atoms with van der Waals surface area (Å²) in [4.78, 5) is 63.1. The van der Waals surface area contributed by atoms with Crippen LogP contribution >= 0.6 is 0 Å². The number of aromatic nitrogens is 13. The second-order valence-electron chi connectivity index (χ2n) is 29.7. The van der Waals surface area contributed by atoms with Crippen LogP contribution in [0, 0.1) is 0 Å². The van der Waals surface area contributed by atoms with Gasteiger partial charge in [-0.2, -0.15) is 0 Å². The van der Waals surface area contributed by atoms with Gasteiger partial charge in [0, 0.05) is 83.6 Å². The van der Waals surface area contributed by atoms with Gasteiger partial charge in [-0.15, -0.1) is 0 Å². The van der Waals surface area contributed by atoms with Crippen molar-refractivity contribution in [1.82, 2.24) is 64.8 Å². The van der Waals surface area contributed by atoms with Gasteiger partial charge in [-0.05, 0) is 115 Å². The lowest BCUT2D eigenvalue weighted by Gasteiger charge is -2.09. The molecule has 576 valence electrons. The number of oxazole rings is 3. The van der Waals surface area contributed by atoms with E-state index < -0.39 is 0 Å². The summed E-state index contributed by atoms with van der Waals surface area (Å²) < 4.78 is 18.8. The molecule has 0 amide bonds. The van der Waals surface area contributed by atoms with E-state index in [1.807, 2.05) is 243 Å². The molecule has 17 aromatic carbocycles. The first-order valence-corrected chi connectivity index (χ1v) is 40.3. The molecule has 7 heterocycles. The van der Waals surface area contributed by atoms with E-state index in [4.69, 9.17) is 73.1 Å². The van der Waals surface area contributed by atoms with Crippen molar-refractivity contribution in [3.63, 3.8) is 0 Å². The summed E-state index contributed by atoms with van der Waals surface area (Å²) in [5.41, 5.74) is 15.4. The third-order valence-electron chi connectivity index (χ3n) is 21.9. The van der Waals surface area contributed by atoms with Crippen molar-refractivity contribution in [2.24, 2.45) is 0 Å². The maximum atomic E-state index is 6.47. The van der Waals surface area contributed by atoms with Crippen LogP contribution < -0.4 is 0 Å². The maximum absolute atomic E-state index is 6.47. The third kappa shape index (κ3) is 14.3. The molecule has 0 radical (unpaired) electrons. The second-order valence-corrected chi connectivity index (χ2v) is 29.7. The Bertz CT molecular complexity index is 7950. The molecule has 0 bridgehead atoms. The topological polar surface area (TPSA) is 207 Å². The Morgan fingerprint density at radius 1 is 0.163 bits per heavy atom. The normalized spacial score (nSPS) is 11.4. The molecule has 16 nitrogen and oxygen atoms in total. The third-order valence-corrected chi connectivity index (χ3v) is 21.9. The van der Waals surface area contributed by atoms with E-state index in [0.29, 0.717) is 81.4 Å². The van der Waals surface area contributed by atoms with Gasteiger partial charge in [0.2, 0.25) is 17.7 Å². The van der Waals surface area contributed by atoms with Crippen molar-refractivity contribution in [1.29, 1.82) is 0 Å². The highest BCUT2D eigenvalue weighted by Crippen LogP contribution is 2.41. The molecule has 0 N–H and O–H groups in total. The smallest absolute Gasteiger partial charge is 0.246 e. The zero-order valence-electron chi connectivity index (χ0n) is 65.6. The minimum atomic E-state index is 0.492. The van der Waals surface area contributed by atoms with Crippen molar-refractivity contribution in [2.45, 2.75) is 0 Å². The van der Waals surface area contributed by atoms with Crippen LogP contribution in [0.25, 0.3) is 235 Å². The highest BCUT2D eigenvalue weighted by Gasteiger charge is 2.23. The van der Waals surface area contributed by atoms with Crippen LogP contribution in [0.3, 0.4) is 0 Å². The fourth-order valence-electron chi connectivity index (χ4n) is 15.8. The number of nitrogens with zero attached hydrogens (tertiary/aromatic N) is 13. The second kappa shape index (κ2) is 31.4. The molecule has 0 spiro atoms. The molecule has 0 aliphatic heterocycles. The highest BCUT2D eigenvalue weighted by atomic mass is 16.4. The van der Waals surface area contributed by atoms with Crippen molar-refractivity contribution in [2.75, 3.05) is 0 Å². The largest absolute Gasteiger partial charge is 0.436 e. The molecule has 0 aliphatic carbocycles. The minimum Gasteiger partial charge on any atom is -0.436 e. The van der Waals surface area contributed by atoms with Gasteiger partial charge in [0.1, 0.15) is 22.2 Å². The number of rotatable bonds is 12. The van der Waals surface area contributed by atoms with Crippen molar-refractivity contribution >= 4 is 97.9 Å². The molecule has 0 unspecified atom stereocenters. The van der Waals surface area contributed by atoms with Crippen molar-refractivity contribution in [3.05, 3.63) is 394 Å². The van der Waals surface area contributed by atoms with E-state index in [1.54, 1.807) is 6.20 Å². The summed E-state index contributed by atoms with van der Waals surface area (Å²) in [6.07, 6.45) is 1.73. The van der Waals surface area contributed by atoms with E-state index in [2.05, 4.69) is 151 Å². The number of pyridine rings is 1. The number of benzene rings is 17. The number of fused-ring (bicyclic) bond motifs is 13. The van der Waals surface area contributed by atoms with Gasteiger partial charge < -0.3 is 13.3 Å². The average Bonchev–Trinajstić information content (AvgIpc) is 1.64. The van der Waals surface area contributed by atoms with Crippen LogP contribution in [0.2, 0.25) is 0 Å². The Labute approximate surface area is 703 Å².